The van der Waals surface area contributed by atoms with Crippen LogP contribution in [0.3, 0.4) is 0 Å². The lowest BCUT2D eigenvalue weighted by atomic mass is 10.2. The number of nitrogens with one attached hydrogen (secondary N) is 2. The van der Waals surface area contributed by atoms with Crippen molar-refractivity contribution >= 4 is 27.3 Å². The number of carbonyl (C=O) groups excluding carboxylic acids is 1. The third kappa shape index (κ3) is 5.07. The van der Waals surface area contributed by atoms with E-state index in [1.54, 1.807) is 42.5 Å². The third-order valence-electron chi connectivity index (χ3n) is 4.38. The number of hydrogen-bond donors (Lipinski definition) is 2. The highest BCUT2D eigenvalue weighted by Gasteiger charge is 2.17. The van der Waals surface area contributed by atoms with E-state index >= 15 is 0 Å². The summed E-state index contributed by atoms with van der Waals surface area (Å²) in [6.07, 6.45) is 0. The van der Waals surface area contributed by atoms with Gasteiger partial charge in [-0.3, -0.25) is 9.52 Å². The van der Waals surface area contributed by atoms with Gasteiger partial charge in [0.2, 0.25) is 5.75 Å². The molecule has 31 heavy (non-hydrogen) atoms. The topological polar surface area (TPSA) is 103 Å². The maximum absolute atomic E-state index is 12.6. The van der Waals surface area contributed by atoms with Crippen LogP contribution in [0.2, 0.25) is 0 Å². The monoisotopic (exact) mass is 442 g/mol. The predicted octanol–water partition coefficient (Wildman–Crippen LogP) is 3.77. The van der Waals surface area contributed by atoms with Gasteiger partial charge in [-0.2, -0.15) is 0 Å². The summed E-state index contributed by atoms with van der Waals surface area (Å²) in [6, 6.07) is 17.4. The number of carbonyl (C=O) groups is 1. The zero-order valence-electron chi connectivity index (χ0n) is 17.2. The normalized spacial score (nSPS) is 10.8. The summed E-state index contributed by atoms with van der Waals surface area (Å²) in [6.45, 7) is 0. The number of benzene rings is 3. The van der Waals surface area contributed by atoms with Gasteiger partial charge in [-0.05, 0) is 36.4 Å². The highest BCUT2D eigenvalue weighted by molar-refractivity contribution is 7.92. The van der Waals surface area contributed by atoms with Crippen molar-refractivity contribution in [2.75, 3.05) is 31.4 Å². The van der Waals surface area contributed by atoms with Crippen molar-refractivity contribution < 1.29 is 27.4 Å². The molecule has 0 fully saturated rings. The van der Waals surface area contributed by atoms with E-state index < -0.39 is 15.9 Å². The van der Waals surface area contributed by atoms with Crippen LogP contribution in [-0.2, 0) is 10.0 Å². The summed E-state index contributed by atoms with van der Waals surface area (Å²) >= 11 is 0. The molecule has 9 heteroatoms. The van der Waals surface area contributed by atoms with Crippen molar-refractivity contribution in [1.29, 1.82) is 0 Å². The van der Waals surface area contributed by atoms with Gasteiger partial charge >= 0.3 is 0 Å². The fourth-order valence-electron chi connectivity index (χ4n) is 2.86. The Hall–Kier alpha value is -3.72. The van der Waals surface area contributed by atoms with Gasteiger partial charge in [0.25, 0.3) is 15.9 Å². The van der Waals surface area contributed by atoms with Crippen LogP contribution in [0.15, 0.2) is 71.6 Å². The minimum Gasteiger partial charge on any atom is -0.493 e. The Kier molecular flexibility index (Phi) is 6.66. The minimum absolute atomic E-state index is 0.0423. The molecule has 0 unspecified atom stereocenters. The summed E-state index contributed by atoms with van der Waals surface area (Å²) in [4.78, 5) is 12.7. The van der Waals surface area contributed by atoms with E-state index in [1.807, 2.05) is 0 Å². The molecule has 0 radical (unpaired) electrons. The zero-order chi connectivity index (χ0) is 22.4. The van der Waals surface area contributed by atoms with Gasteiger partial charge in [-0.15, -0.1) is 0 Å². The van der Waals surface area contributed by atoms with Crippen molar-refractivity contribution in [2.24, 2.45) is 0 Å². The molecule has 3 rings (SSSR count). The number of sulfonamides is 1. The molecule has 0 aliphatic rings. The van der Waals surface area contributed by atoms with Gasteiger partial charge in [-0.1, -0.05) is 18.2 Å². The SMILES string of the molecule is COc1cc(NC(=O)c2ccc(S(=O)(=O)Nc3ccccc3)cc2)cc(OC)c1OC. The van der Waals surface area contributed by atoms with Crippen LogP contribution in [0.4, 0.5) is 11.4 Å². The lowest BCUT2D eigenvalue weighted by Gasteiger charge is -2.14. The highest BCUT2D eigenvalue weighted by Crippen LogP contribution is 2.40. The summed E-state index contributed by atoms with van der Waals surface area (Å²) in [7, 11) is 0.673. The van der Waals surface area contributed by atoms with Gasteiger partial charge in [0.05, 0.1) is 26.2 Å². The van der Waals surface area contributed by atoms with Crippen molar-refractivity contribution in [3.05, 3.63) is 72.3 Å². The number of methoxy groups -OCH3 is 3. The first kappa shape index (κ1) is 22.0. The zero-order valence-corrected chi connectivity index (χ0v) is 18.0. The number of anilines is 2. The Balaban J connectivity index is 1.78. The quantitative estimate of drug-likeness (QED) is 0.551. The number of hydrogen-bond acceptors (Lipinski definition) is 6. The molecular weight excluding hydrogens is 420 g/mol. The van der Waals surface area contributed by atoms with Crippen LogP contribution >= 0.6 is 0 Å². The van der Waals surface area contributed by atoms with Crippen LogP contribution in [0, 0.1) is 0 Å². The van der Waals surface area contributed by atoms with E-state index in [9.17, 15) is 13.2 Å². The molecule has 0 heterocycles. The largest absolute Gasteiger partial charge is 0.493 e. The average Bonchev–Trinajstić information content (AvgIpc) is 2.78. The van der Waals surface area contributed by atoms with E-state index in [4.69, 9.17) is 14.2 Å². The Morgan fingerprint density at radius 2 is 1.35 bits per heavy atom. The van der Waals surface area contributed by atoms with E-state index in [-0.39, 0.29) is 10.5 Å². The molecule has 2 N–H and O–H groups in total. The molecule has 0 saturated carbocycles. The fourth-order valence-corrected chi connectivity index (χ4v) is 3.92. The van der Waals surface area contributed by atoms with E-state index in [0.717, 1.165) is 0 Å². The first-order chi connectivity index (χ1) is 14.9. The predicted molar refractivity (Wildman–Crippen MR) is 118 cm³/mol. The number of ether oxygens (including phenoxy) is 3. The van der Waals surface area contributed by atoms with Crippen molar-refractivity contribution in [3.8, 4) is 17.2 Å². The second kappa shape index (κ2) is 9.40. The molecule has 8 nitrogen and oxygen atoms in total. The lowest BCUT2D eigenvalue weighted by Crippen LogP contribution is -2.15. The number of amides is 1. The van der Waals surface area contributed by atoms with Crippen LogP contribution in [0.25, 0.3) is 0 Å². The van der Waals surface area contributed by atoms with Crippen molar-refractivity contribution in [3.63, 3.8) is 0 Å². The van der Waals surface area contributed by atoms with Crippen LogP contribution in [0.5, 0.6) is 17.2 Å². The van der Waals surface area contributed by atoms with E-state index in [1.165, 1.54) is 45.6 Å². The molecule has 3 aromatic carbocycles. The van der Waals surface area contributed by atoms with Crippen molar-refractivity contribution in [1.82, 2.24) is 0 Å². The van der Waals surface area contributed by atoms with Gasteiger partial charge in [-0.25, -0.2) is 8.42 Å². The first-order valence-electron chi connectivity index (χ1n) is 9.17. The Bertz CT molecular complexity index is 1140. The van der Waals surface area contributed by atoms with Gasteiger partial charge < -0.3 is 19.5 Å². The Morgan fingerprint density at radius 3 is 1.87 bits per heavy atom. The molecule has 3 aromatic rings. The maximum Gasteiger partial charge on any atom is 0.261 e. The molecule has 0 aliphatic carbocycles. The fraction of sp³-hybridized carbons (Fsp3) is 0.136. The minimum atomic E-state index is -3.77. The Morgan fingerprint density at radius 1 is 0.774 bits per heavy atom. The van der Waals surface area contributed by atoms with E-state index in [2.05, 4.69) is 10.0 Å². The standard InChI is InChI=1S/C22H22N2O6S/c1-28-19-13-17(14-20(29-2)21(19)30-3)23-22(25)15-9-11-18(12-10-15)31(26,27)24-16-7-5-4-6-8-16/h4-14,24H,1-3H3,(H,23,25). The molecular formula is C22H22N2O6S. The number of rotatable bonds is 8. The summed E-state index contributed by atoms with van der Waals surface area (Å²) in [5.74, 6) is 0.772. The molecule has 0 saturated heterocycles. The molecule has 0 aliphatic heterocycles. The molecule has 0 atom stereocenters. The smallest absolute Gasteiger partial charge is 0.261 e. The highest BCUT2D eigenvalue weighted by atomic mass is 32.2. The second-order valence-corrected chi connectivity index (χ2v) is 8.05. The summed E-state index contributed by atoms with van der Waals surface area (Å²) in [5.41, 5.74) is 1.17. The first-order valence-corrected chi connectivity index (χ1v) is 10.7. The molecule has 0 bridgehead atoms. The van der Waals surface area contributed by atoms with Crippen LogP contribution < -0.4 is 24.2 Å². The summed E-state index contributed by atoms with van der Waals surface area (Å²) < 4.78 is 43.4. The third-order valence-corrected chi connectivity index (χ3v) is 5.77. The average molecular weight is 442 g/mol. The molecule has 0 aromatic heterocycles. The lowest BCUT2D eigenvalue weighted by molar-refractivity contribution is 0.102. The van der Waals surface area contributed by atoms with Gasteiger partial charge in [0.15, 0.2) is 11.5 Å². The van der Waals surface area contributed by atoms with Gasteiger partial charge in [0.1, 0.15) is 0 Å². The summed E-state index contributed by atoms with van der Waals surface area (Å²) in [5, 5.41) is 2.74. The second-order valence-electron chi connectivity index (χ2n) is 6.36. The maximum atomic E-state index is 12.6. The van der Waals surface area contributed by atoms with Crippen LogP contribution in [-0.4, -0.2) is 35.7 Å². The Labute approximate surface area is 180 Å². The van der Waals surface area contributed by atoms with E-state index in [0.29, 0.717) is 28.6 Å². The molecule has 162 valence electrons. The van der Waals surface area contributed by atoms with Crippen LogP contribution in [0.1, 0.15) is 10.4 Å². The molecule has 0 spiro atoms. The van der Waals surface area contributed by atoms with Crippen molar-refractivity contribution in [2.45, 2.75) is 4.90 Å². The molecule has 1 amide bonds. The van der Waals surface area contributed by atoms with Gasteiger partial charge in [0, 0.05) is 29.1 Å². The number of para-hydroxylation sites is 1.